The summed E-state index contributed by atoms with van der Waals surface area (Å²) in [6.07, 6.45) is 8.26. The van der Waals surface area contributed by atoms with Crippen LogP contribution in [-0.2, 0) is 24.2 Å². The number of unbranched alkanes of at least 4 members (excludes halogenated alkanes) is 1. The number of nitrogens with zero attached hydrogens (tertiary/aromatic N) is 1. The number of halogens is 1. The molecule has 3 atom stereocenters. The molecule has 0 aromatic heterocycles. The molecule has 0 aromatic carbocycles. The van der Waals surface area contributed by atoms with Gasteiger partial charge in [-0.05, 0) is 63.2 Å². The molecule has 0 radical (unpaired) electrons. The van der Waals surface area contributed by atoms with E-state index in [1.54, 1.807) is 4.90 Å². The Balaban J connectivity index is 1.39. The summed E-state index contributed by atoms with van der Waals surface area (Å²) in [6.45, 7) is 2.29. The first-order valence-electron chi connectivity index (χ1n) is 11.0. The molecule has 5 fully saturated rings. The van der Waals surface area contributed by atoms with Crippen molar-refractivity contribution in [3.63, 3.8) is 0 Å². The summed E-state index contributed by atoms with van der Waals surface area (Å²) in [4.78, 5) is 27.6. The fourth-order valence-corrected chi connectivity index (χ4v) is 9.80. The maximum absolute atomic E-state index is 13.1. The Morgan fingerprint density at radius 3 is 2.41 bits per heavy atom. The molecular weight excluding hydrogens is 458 g/mol. The van der Waals surface area contributed by atoms with E-state index in [9.17, 15) is 18.0 Å². The van der Waals surface area contributed by atoms with Gasteiger partial charge in [-0.2, -0.15) is 0 Å². The van der Waals surface area contributed by atoms with E-state index in [-0.39, 0.29) is 40.4 Å². The molecule has 5 rings (SSSR count). The van der Waals surface area contributed by atoms with Crippen LogP contribution in [0.15, 0.2) is 0 Å². The molecule has 4 bridgehead atoms. The van der Waals surface area contributed by atoms with E-state index in [0.29, 0.717) is 24.8 Å². The van der Waals surface area contributed by atoms with Crippen LogP contribution < -0.4 is 0 Å². The third-order valence-electron chi connectivity index (χ3n) is 7.47. The van der Waals surface area contributed by atoms with Gasteiger partial charge >= 0.3 is 5.97 Å². The predicted molar refractivity (Wildman–Crippen MR) is 113 cm³/mol. The van der Waals surface area contributed by atoms with E-state index in [0.717, 1.165) is 44.9 Å². The molecule has 0 spiro atoms. The van der Waals surface area contributed by atoms with Crippen LogP contribution in [0.1, 0.15) is 64.7 Å². The Morgan fingerprint density at radius 1 is 1.17 bits per heavy atom. The highest BCUT2D eigenvalue weighted by atomic mass is 79.9. The van der Waals surface area contributed by atoms with Gasteiger partial charge in [-0.15, -0.1) is 0 Å². The van der Waals surface area contributed by atoms with E-state index in [1.165, 1.54) is 6.42 Å². The van der Waals surface area contributed by atoms with Gasteiger partial charge in [0.1, 0.15) is 0 Å². The summed E-state index contributed by atoms with van der Waals surface area (Å²) in [7, 11) is -3.07. The molecule has 8 heteroatoms. The topological polar surface area (TPSA) is 80.8 Å². The van der Waals surface area contributed by atoms with Gasteiger partial charge in [0.25, 0.3) is 5.91 Å². The molecule has 164 valence electrons. The van der Waals surface area contributed by atoms with Crippen LogP contribution in [0.2, 0.25) is 0 Å². The van der Waals surface area contributed by atoms with Crippen LogP contribution in [0.5, 0.6) is 0 Å². The van der Waals surface area contributed by atoms with Gasteiger partial charge in [-0.3, -0.25) is 9.59 Å². The summed E-state index contributed by atoms with van der Waals surface area (Å²) in [5.41, 5.74) is -0.446. The number of esters is 1. The third-order valence-corrected chi connectivity index (χ3v) is 10.1. The molecule has 1 aliphatic heterocycles. The molecule has 29 heavy (non-hydrogen) atoms. The highest BCUT2D eigenvalue weighted by Gasteiger charge is 2.60. The molecule has 0 N–H and O–H groups in total. The van der Waals surface area contributed by atoms with Crippen LogP contribution in [0.3, 0.4) is 0 Å². The van der Waals surface area contributed by atoms with Gasteiger partial charge in [0.2, 0.25) is 0 Å². The molecule has 1 heterocycles. The second-order valence-corrected chi connectivity index (χ2v) is 13.9. The minimum atomic E-state index is -3.07. The van der Waals surface area contributed by atoms with Gasteiger partial charge in [0, 0.05) is 16.9 Å². The van der Waals surface area contributed by atoms with Crippen molar-refractivity contribution in [2.75, 3.05) is 24.7 Å². The van der Waals surface area contributed by atoms with Crippen LogP contribution in [-0.4, -0.2) is 60.2 Å². The molecule has 1 amide bonds. The first-order chi connectivity index (χ1) is 13.6. The molecule has 6 nitrogen and oxygen atoms in total. The van der Waals surface area contributed by atoms with Gasteiger partial charge < -0.3 is 9.64 Å². The zero-order valence-electron chi connectivity index (χ0n) is 17.2. The Hall–Kier alpha value is -0.630. The summed E-state index contributed by atoms with van der Waals surface area (Å²) in [5, 5.41) is 0. The van der Waals surface area contributed by atoms with Gasteiger partial charge in [0.15, 0.2) is 16.4 Å². The van der Waals surface area contributed by atoms with Gasteiger partial charge in [-0.1, -0.05) is 29.3 Å². The number of rotatable bonds is 7. The average molecular weight is 490 g/mol. The van der Waals surface area contributed by atoms with Crippen molar-refractivity contribution < 1.29 is 22.7 Å². The zero-order chi connectivity index (χ0) is 20.9. The summed E-state index contributed by atoms with van der Waals surface area (Å²) < 4.78 is 29.4. The standard InChI is InChI=1S/C21H32BrNO5S/c1-2-3-5-23(17-4-6-29(26,27)13-17)18(24)12-28-19(25)20-8-15-7-16(9-20)11-21(22,10-15)14-20/h15-17H,2-14H2,1H3. The monoisotopic (exact) mass is 489 g/mol. The van der Waals surface area contributed by atoms with Crippen LogP contribution in [0.4, 0.5) is 0 Å². The Labute approximate surface area is 182 Å². The van der Waals surface area contributed by atoms with E-state index in [2.05, 4.69) is 15.9 Å². The van der Waals surface area contributed by atoms with Crippen molar-refractivity contribution in [3.05, 3.63) is 0 Å². The van der Waals surface area contributed by atoms with E-state index in [1.807, 2.05) is 6.92 Å². The lowest BCUT2D eigenvalue weighted by Gasteiger charge is -2.58. The van der Waals surface area contributed by atoms with Crippen molar-refractivity contribution >= 4 is 37.6 Å². The Morgan fingerprint density at radius 2 is 1.86 bits per heavy atom. The second-order valence-electron chi connectivity index (χ2n) is 9.97. The lowest BCUT2D eigenvalue weighted by molar-refractivity contribution is -0.173. The molecule has 4 aliphatic carbocycles. The largest absolute Gasteiger partial charge is 0.455 e. The lowest BCUT2D eigenvalue weighted by atomic mass is 9.49. The highest BCUT2D eigenvalue weighted by Crippen LogP contribution is 2.64. The molecule has 3 unspecified atom stereocenters. The maximum atomic E-state index is 13.1. The highest BCUT2D eigenvalue weighted by molar-refractivity contribution is 9.10. The molecular formula is C21H32BrNO5S. The number of ether oxygens (including phenoxy) is 1. The first-order valence-corrected chi connectivity index (χ1v) is 13.6. The summed E-state index contributed by atoms with van der Waals surface area (Å²) in [6, 6.07) is -0.289. The smallest absolute Gasteiger partial charge is 0.312 e. The summed E-state index contributed by atoms with van der Waals surface area (Å²) in [5.74, 6) is 0.820. The maximum Gasteiger partial charge on any atom is 0.312 e. The van der Waals surface area contributed by atoms with Crippen molar-refractivity contribution in [3.8, 4) is 0 Å². The zero-order valence-corrected chi connectivity index (χ0v) is 19.6. The first kappa shape index (κ1) is 21.6. The second kappa shape index (κ2) is 7.81. The fraction of sp³-hybridized carbons (Fsp3) is 0.905. The number of alkyl halides is 1. The number of hydrogen-bond donors (Lipinski definition) is 0. The van der Waals surface area contributed by atoms with Crippen molar-refractivity contribution in [1.29, 1.82) is 0 Å². The lowest BCUT2D eigenvalue weighted by Crippen LogP contribution is -2.56. The Bertz CT molecular complexity index is 768. The van der Waals surface area contributed by atoms with Crippen molar-refractivity contribution in [1.82, 2.24) is 4.90 Å². The minimum Gasteiger partial charge on any atom is -0.455 e. The SMILES string of the molecule is CCCCN(C(=O)COC(=O)C12CC3CC(CC(Br)(C3)C1)C2)C1CCS(=O)(=O)C1. The van der Waals surface area contributed by atoms with Crippen molar-refractivity contribution in [2.45, 2.75) is 75.1 Å². The number of amides is 1. The number of carbonyl (C=O) groups excluding carboxylic acids is 2. The number of hydrogen-bond acceptors (Lipinski definition) is 5. The quantitative estimate of drug-likeness (QED) is 0.405. The molecule has 4 saturated carbocycles. The van der Waals surface area contributed by atoms with Crippen LogP contribution in [0, 0.1) is 17.3 Å². The predicted octanol–water partition coefficient (Wildman–Crippen LogP) is 3.08. The van der Waals surface area contributed by atoms with E-state index in [4.69, 9.17) is 4.74 Å². The van der Waals surface area contributed by atoms with E-state index >= 15 is 0 Å². The molecule has 0 aromatic rings. The normalized spacial score (nSPS) is 39.4. The summed E-state index contributed by atoms with van der Waals surface area (Å²) >= 11 is 3.91. The van der Waals surface area contributed by atoms with Crippen LogP contribution in [0.25, 0.3) is 0 Å². The van der Waals surface area contributed by atoms with E-state index < -0.39 is 15.3 Å². The van der Waals surface area contributed by atoms with Crippen molar-refractivity contribution in [2.24, 2.45) is 17.3 Å². The average Bonchev–Trinajstić information content (AvgIpc) is 2.97. The fourth-order valence-electron chi connectivity index (χ4n) is 6.61. The van der Waals surface area contributed by atoms with Crippen LogP contribution >= 0.6 is 15.9 Å². The molecule has 5 aliphatic rings. The molecule has 1 saturated heterocycles. The number of sulfone groups is 1. The Kier molecular flexibility index (Phi) is 5.82. The van der Waals surface area contributed by atoms with Gasteiger partial charge in [0.05, 0.1) is 16.9 Å². The minimum absolute atomic E-state index is 0.0236. The number of carbonyl (C=O) groups is 2. The third kappa shape index (κ3) is 4.39. The van der Waals surface area contributed by atoms with Gasteiger partial charge in [-0.25, -0.2) is 8.42 Å².